The van der Waals surface area contributed by atoms with Crippen molar-refractivity contribution in [2.75, 3.05) is 0 Å². The maximum atomic E-state index is 4.58. The van der Waals surface area contributed by atoms with Crippen molar-refractivity contribution < 1.29 is 0 Å². The lowest BCUT2D eigenvalue weighted by Crippen LogP contribution is -2.33. The van der Waals surface area contributed by atoms with E-state index in [0.29, 0.717) is 4.48 Å². The monoisotopic (exact) mass is 399 g/mol. The third-order valence-electron chi connectivity index (χ3n) is 5.62. The van der Waals surface area contributed by atoms with E-state index in [9.17, 15) is 0 Å². The second-order valence-electron chi connectivity index (χ2n) is 7.44. The number of hydrogen-bond donors (Lipinski definition) is 0. The third kappa shape index (κ3) is 3.43. The molecule has 2 heteroatoms. The summed E-state index contributed by atoms with van der Waals surface area (Å²) in [7, 11) is 0. The Morgan fingerprint density at radius 1 is 0.419 bits per heavy atom. The molecular weight excluding hydrogens is 376 g/mol. The minimum Gasteiger partial charge on any atom is -0.256 e. The molecule has 1 heterocycles. The van der Waals surface area contributed by atoms with Gasteiger partial charge >= 0.3 is 0 Å². The summed E-state index contributed by atoms with van der Waals surface area (Å²) < 4.78 is 0.489. The second kappa shape index (κ2) is 8.39. The Hall–Kier alpha value is -4.01. The average molecular weight is 400 g/mol. The minimum absolute atomic E-state index is 0.489. The number of aromatic nitrogens is 1. The lowest BCUT2D eigenvalue weighted by Gasteiger charge is -2.37. The van der Waals surface area contributed by atoms with Gasteiger partial charge in [0.05, 0.1) is 5.69 Å². The Kier molecular flexibility index (Phi) is 5.14. The first-order valence-corrected chi connectivity index (χ1v) is 10.5. The van der Waals surface area contributed by atoms with Gasteiger partial charge in [0.2, 0.25) is 0 Å². The van der Waals surface area contributed by atoms with Crippen molar-refractivity contribution >= 4 is 22.7 Å². The molecule has 5 rings (SSSR count). The largest absolute Gasteiger partial charge is 0.256 e. The molecule has 5 aromatic rings. The maximum absolute atomic E-state index is 4.58. The zero-order chi connectivity index (χ0) is 20.9. The van der Waals surface area contributed by atoms with Crippen molar-refractivity contribution in [2.45, 2.75) is 0 Å². The van der Waals surface area contributed by atoms with Gasteiger partial charge in [-0.3, -0.25) is 4.98 Å². The average Bonchev–Trinajstić information content (AvgIpc) is 2.87. The fraction of sp³-hybridized carbons (Fsp3) is 0. The fourth-order valence-corrected chi connectivity index (χ4v) is 4.26. The molecule has 0 saturated carbocycles. The number of rotatable bonds is 5. The Labute approximate surface area is 183 Å². The van der Waals surface area contributed by atoms with Crippen LogP contribution in [0.15, 0.2) is 140 Å². The lowest BCUT2D eigenvalue weighted by molar-refractivity contribution is 0.704. The molecule has 0 spiro atoms. The molecule has 4 aromatic carbocycles. The van der Waals surface area contributed by atoms with Crippen molar-refractivity contribution in [2.24, 2.45) is 0 Å². The molecule has 0 N–H and O–H groups in total. The second-order valence-corrected chi connectivity index (χ2v) is 7.44. The predicted molar refractivity (Wildman–Crippen MR) is 130 cm³/mol. The molecule has 0 aliphatic heterocycles. The van der Waals surface area contributed by atoms with Crippen LogP contribution in [0.25, 0.3) is 11.3 Å². The lowest BCUT2D eigenvalue weighted by atomic mass is 10.0. The summed E-state index contributed by atoms with van der Waals surface area (Å²) in [6, 6.07) is 46.8. The van der Waals surface area contributed by atoms with Gasteiger partial charge in [-0.15, -0.1) is 0 Å². The highest BCUT2D eigenvalue weighted by Crippen LogP contribution is 2.51. The highest BCUT2D eigenvalue weighted by molar-refractivity contribution is 5.83. The molecule has 0 atom stereocenters. The van der Waals surface area contributed by atoms with E-state index in [0.717, 1.165) is 16.9 Å². The molecule has 0 bridgehead atoms. The summed E-state index contributed by atoms with van der Waals surface area (Å²) in [6.45, 7) is 0. The standard InChI is InChI=1S/C29H23N2/c1-4-14-25(15-5-1)31(26-16-6-2-7-17-26,27-18-8-3-9-19-27)28-20-12-13-24(23-28)29-21-10-11-22-30-29/h1-23H/q+1. The van der Waals surface area contributed by atoms with Gasteiger partial charge in [-0.1, -0.05) is 72.8 Å². The maximum Gasteiger partial charge on any atom is 0.148 e. The van der Waals surface area contributed by atoms with Crippen molar-refractivity contribution in [1.82, 2.24) is 9.47 Å². The minimum atomic E-state index is 0.489. The van der Waals surface area contributed by atoms with Crippen molar-refractivity contribution in [3.8, 4) is 11.3 Å². The first-order chi connectivity index (χ1) is 15.4. The topological polar surface area (TPSA) is 12.9 Å². The molecule has 0 saturated heterocycles. The van der Waals surface area contributed by atoms with Crippen LogP contribution in [0.4, 0.5) is 22.7 Å². The van der Waals surface area contributed by atoms with Crippen molar-refractivity contribution in [3.05, 3.63) is 140 Å². The number of hydrogen-bond acceptors (Lipinski definition) is 1. The first kappa shape index (κ1) is 19.0. The summed E-state index contributed by atoms with van der Waals surface area (Å²) in [5.74, 6) is 0. The summed E-state index contributed by atoms with van der Waals surface area (Å²) in [4.78, 5) is 4.58. The Bertz CT molecular complexity index is 1150. The normalized spacial score (nSPS) is 11.2. The molecule has 0 amide bonds. The van der Waals surface area contributed by atoms with Crippen LogP contribution in [0.5, 0.6) is 0 Å². The van der Waals surface area contributed by atoms with E-state index < -0.39 is 0 Å². The van der Waals surface area contributed by atoms with Crippen LogP contribution in [0.1, 0.15) is 0 Å². The molecule has 31 heavy (non-hydrogen) atoms. The molecule has 0 aliphatic carbocycles. The third-order valence-corrected chi connectivity index (χ3v) is 5.62. The van der Waals surface area contributed by atoms with E-state index in [2.05, 4.69) is 126 Å². The van der Waals surface area contributed by atoms with Crippen LogP contribution in [0, 0.1) is 0 Å². The van der Waals surface area contributed by atoms with Crippen molar-refractivity contribution in [1.29, 1.82) is 0 Å². The van der Waals surface area contributed by atoms with Gasteiger partial charge in [-0.25, -0.2) is 0 Å². The van der Waals surface area contributed by atoms with Gasteiger partial charge in [0.15, 0.2) is 0 Å². The van der Waals surface area contributed by atoms with E-state index in [4.69, 9.17) is 0 Å². The summed E-state index contributed by atoms with van der Waals surface area (Å²) >= 11 is 0. The van der Waals surface area contributed by atoms with Gasteiger partial charge in [0, 0.05) is 60.3 Å². The summed E-state index contributed by atoms with van der Waals surface area (Å²) in [5.41, 5.74) is 6.76. The highest BCUT2D eigenvalue weighted by atomic mass is 15.4. The van der Waals surface area contributed by atoms with E-state index >= 15 is 0 Å². The number of pyridine rings is 1. The van der Waals surface area contributed by atoms with Crippen LogP contribution in [0.2, 0.25) is 0 Å². The smallest absolute Gasteiger partial charge is 0.148 e. The quantitative estimate of drug-likeness (QED) is 0.272. The molecule has 1 aromatic heterocycles. The summed E-state index contributed by atoms with van der Waals surface area (Å²) in [6.07, 6.45) is 1.84. The molecular formula is C29H23N2+. The van der Waals surface area contributed by atoms with E-state index in [1.807, 2.05) is 18.3 Å². The van der Waals surface area contributed by atoms with E-state index in [-0.39, 0.29) is 0 Å². The van der Waals surface area contributed by atoms with Crippen LogP contribution in [-0.2, 0) is 0 Å². The fourth-order valence-electron chi connectivity index (χ4n) is 4.26. The van der Waals surface area contributed by atoms with Gasteiger partial charge in [0.25, 0.3) is 0 Å². The number of benzene rings is 4. The molecule has 2 nitrogen and oxygen atoms in total. The van der Waals surface area contributed by atoms with Gasteiger partial charge in [0.1, 0.15) is 22.7 Å². The van der Waals surface area contributed by atoms with Gasteiger partial charge < -0.3 is 0 Å². The molecule has 0 radical (unpaired) electrons. The zero-order valence-corrected chi connectivity index (χ0v) is 17.2. The van der Waals surface area contributed by atoms with Crippen LogP contribution < -0.4 is 4.48 Å². The van der Waals surface area contributed by atoms with Crippen molar-refractivity contribution in [3.63, 3.8) is 0 Å². The van der Waals surface area contributed by atoms with Crippen LogP contribution >= 0.6 is 0 Å². The van der Waals surface area contributed by atoms with E-state index in [1.54, 1.807) is 0 Å². The SMILES string of the molecule is c1ccc([N+](c2ccccc2)(c2ccccc2)c2cccc(-c3ccccn3)c2)cc1. The Balaban J connectivity index is 1.85. The molecule has 0 aliphatic rings. The first-order valence-electron chi connectivity index (χ1n) is 10.5. The zero-order valence-electron chi connectivity index (χ0n) is 17.2. The molecule has 0 unspecified atom stereocenters. The number of nitrogens with zero attached hydrogens (tertiary/aromatic N) is 2. The molecule has 148 valence electrons. The Morgan fingerprint density at radius 2 is 0.903 bits per heavy atom. The number of quaternary nitrogens is 1. The summed E-state index contributed by atoms with van der Waals surface area (Å²) in [5, 5.41) is 0. The predicted octanol–water partition coefficient (Wildman–Crippen LogP) is 8.05. The van der Waals surface area contributed by atoms with Gasteiger partial charge in [-0.2, -0.15) is 4.48 Å². The van der Waals surface area contributed by atoms with Gasteiger partial charge in [-0.05, 0) is 12.1 Å². The van der Waals surface area contributed by atoms with Crippen LogP contribution in [-0.4, -0.2) is 4.98 Å². The van der Waals surface area contributed by atoms with E-state index in [1.165, 1.54) is 17.1 Å². The molecule has 0 fully saturated rings. The number of para-hydroxylation sites is 3. The highest BCUT2D eigenvalue weighted by Gasteiger charge is 2.39. The Morgan fingerprint density at radius 3 is 1.39 bits per heavy atom. The van der Waals surface area contributed by atoms with Crippen LogP contribution in [0.3, 0.4) is 0 Å².